The number of benzene rings is 1. The molecule has 0 amide bonds. The van der Waals surface area contributed by atoms with Crippen LogP contribution in [0, 0.1) is 0 Å². The van der Waals surface area contributed by atoms with E-state index in [0.29, 0.717) is 43.5 Å². The first kappa shape index (κ1) is 17.0. The van der Waals surface area contributed by atoms with E-state index < -0.39 is 0 Å². The van der Waals surface area contributed by atoms with Gasteiger partial charge in [0, 0.05) is 6.61 Å². The number of hydrogen-bond donors (Lipinski definition) is 1. The lowest BCUT2D eigenvalue weighted by molar-refractivity contribution is 0.106. The maximum atomic E-state index is 6.02. The number of rotatable bonds is 8. The minimum Gasteiger partial charge on any atom is -0.468 e. The molecule has 2 heterocycles. The van der Waals surface area contributed by atoms with Gasteiger partial charge in [0.25, 0.3) is 6.01 Å². The number of imidazole rings is 1. The zero-order valence-electron chi connectivity index (χ0n) is 14.3. The van der Waals surface area contributed by atoms with Gasteiger partial charge in [-0.15, -0.1) is 0 Å². The number of aromatic nitrogens is 4. The summed E-state index contributed by atoms with van der Waals surface area (Å²) in [5.41, 5.74) is 8.18. The second-order valence-electron chi connectivity index (χ2n) is 5.28. The van der Waals surface area contributed by atoms with Crippen molar-refractivity contribution in [3.8, 4) is 12.0 Å². The molecule has 0 atom stereocenters. The fourth-order valence-electron chi connectivity index (χ4n) is 2.45. The molecule has 0 bridgehead atoms. The lowest BCUT2D eigenvalue weighted by Gasteiger charge is -2.09. The molecule has 0 saturated carbocycles. The lowest BCUT2D eigenvalue weighted by atomic mass is 10.2. The number of methoxy groups -OCH3 is 1. The van der Waals surface area contributed by atoms with Gasteiger partial charge in [0.1, 0.15) is 6.61 Å². The van der Waals surface area contributed by atoms with Crippen molar-refractivity contribution in [3.63, 3.8) is 0 Å². The molecular formula is C17H21N5O3. The van der Waals surface area contributed by atoms with Gasteiger partial charge >= 0.3 is 6.01 Å². The predicted octanol–water partition coefficient (Wildman–Crippen LogP) is 1.88. The molecular weight excluding hydrogens is 322 g/mol. The minimum absolute atomic E-state index is 0.196. The molecule has 1 aromatic carbocycles. The smallest absolute Gasteiger partial charge is 0.320 e. The molecule has 3 rings (SSSR count). The van der Waals surface area contributed by atoms with Crippen LogP contribution < -0.4 is 15.2 Å². The van der Waals surface area contributed by atoms with Crippen molar-refractivity contribution in [2.45, 2.75) is 13.5 Å². The molecule has 0 radical (unpaired) electrons. The van der Waals surface area contributed by atoms with Gasteiger partial charge in [-0.2, -0.15) is 15.0 Å². The van der Waals surface area contributed by atoms with E-state index in [4.69, 9.17) is 19.9 Å². The summed E-state index contributed by atoms with van der Waals surface area (Å²) in [5.74, 6) is 0.251. The third kappa shape index (κ3) is 3.80. The van der Waals surface area contributed by atoms with Crippen molar-refractivity contribution in [3.05, 3.63) is 35.9 Å². The van der Waals surface area contributed by atoms with Gasteiger partial charge in [0.15, 0.2) is 17.0 Å². The Bertz CT molecular complexity index is 835. The van der Waals surface area contributed by atoms with E-state index >= 15 is 0 Å². The van der Waals surface area contributed by atoms with Crippen LogP contribution >= 0.6 is 0 Å². The highest BCUT2D eigenvalue weighted by atomic mass is 16.5. The number of hydrogen-bond acceptors (Lipinski definition) is 7. The fraction of sp³-hybridized carbons (Fsp3) is 0.353. The Morgan fingerprint density at radius 1 is 1.08 bits per heavy atom. The number of nitrogens with zero attached hydrogens (tertiary/aromatic N) is 4. The van der Waals surface area contributed by atoms with Crippen LogP contribution in [0.4, 0.5) is 5.82 Å². The summed E-state index contributed by atoms with van der Waals surface area (Å²) in [6.07, 6.45) is 0. The number of nitrogen functional groups attached to an aromatic ring is 1. The summed E-state index contributed by atoms with van der Waals surface area (Å²) >= 11 is 0. The maximum absolute atomic E-state index is 6.02. The molecule has 0 aliphatic rings. The Kier molecular flexibility index (Phi) is 5.30. The molecule has 25 heavy (non-hydrogen) atoms. The van der Waals surface area contributed by atoms with Gasteiger partial charge < -0.3 is 19.9 Å². The van der Waals surface area contributed by atoms with Gasteiger partial charge in [-0.05, 0) is 12.5 Å². The lowest BCUT2D eigenvalue weighted by Crippen LogP contribution is -2.10. The zero-order valence-corrected chi connectivity index (χ0v) is 14.3. The highest BCUT2D eigenvalue weighted by Crippen LogP contribution is 2.26. The standard InChI is InChI=1S/C17H21N5O3/c1-3-24-9-10-25-16-20-14(18)13-15(21-16)22(17(19-13)23-2)11-12-7-5-4-6-8-12/h4-8H,3,9-11H2,1-2H3,(H2,18,20,21). The van der Waals surface area contributed by atoms with E-state index in [1.165, 1.54) is 0 Å². The normalized spacial score (nSPS) is 11.0. The van der Waals surface area contributed by atoms with E-state index in [2.05, 4.69) is 15.0 Å². The fourth-order valence-corrected chi connectivity index (χ4v) is 2.45. The average Bonchev–Trinajstić information content (AvgIpc) is 2.98. The van der Waals surface area contributed by atoms with Gasteiger partial charge in [0.05, 0.1) is 20.3 Å². The van der Waals surface area contributed by atoms with Gasteiger partial charge in [0.2, 0.25) is 0 Å². The third-order valence-corrected chi connectivity index (χ3v) is 3.60. The Labute approximate surface area is 145 Å². The SMILES string of the molecule is CCOCCOc1nc(N)c2nc(OC)n(Cc3ccccc3)c2n1. The molecule has 0 unspecified atom stereocenters. The number of anilines is 1. The Morgan fingerprint density at radius 3 is 2.60 bits per heavy atom. The maximum Gasteiger partial charge on any atom is 0.320 e. The molecule has 2 N–H and O–H groups in total. The molecule has 8 nitrogen and oxygen atoms in total. The van der Waals surface area contributed by atoms with Crippen molar-refractivity contribution >= 4 is 17.0 Å². The summed E-state index contributed by atoms with van der Waals surface area (Å²) < 4.78 is 18.0. The van der Waals surface area contributed by atoms with Crippen LogP contribution in [0.25, 0.3) is 11.2 Å². The molecule has 0 fully saturated rings. The monoisotopic (exact) mass is 343 g/mol. The highest BCUT2D eigenvalue weighted by molar-refractivity contribution is 5.83. The molecule has 8 heteroatoms. The average molecular weight is 343 g/mol. The summed E-state index contributed by atoms with van der Waals surface area (Å²) in [7, 11) is 1.56. The summed E-state index contributed by atoms with van der Waals surface area (Å²) in [4.78, 5) is 13.0. The summed E-state index contributed by atoms with van der Waals surface area (Å²) in [6, 6.07) is 10.6. The predicted molar refractivity (Wildman–Crippen MR) is 93.8 cm³/mol. The van der Waals surface area contributed by atoms with Crippen molar-refractivity contribution in [2.75, 3.05) is 32.7 Å². The van der Waals surface area contributed by atoms with Crippen LogP contribution in [-0.2, 0) is 11.3 Å². The minimum atomic E-state index is 0.196. The Morgan fingerprint density at radius 2 is 1.88 bits per heavy atom. The van der Waals surface area contributed by atoms with E-state index in [9.17, 15) is 0 Å². The third-order valence-electron chi connectivity index (χ3n) is 3.60. The Balaban J connectivity index is 1.94. The topological polar surface area (TPSA) is 97.3 Å². The van der Waals surface area contributed by atoms with Crippen molar-refractivity contribution in [1.82, 2.24) is 19.5 Å². The van der Waals surface area contributed by atoms with Crippen LogP contribution in [0.3, 0.4) is 0 Å². The summed E-state index contributed by atoms with van der Waals surface area (Å²) in [6.45, 7) is 3.92. The van der Waals surface area contributed by atoms with Gasteiger partial charge in [-0.3, -0.25) is 4.57 Å². The molecule has 0 aliphatic heterocycles. The molecule has 0 aliphatic carbocycles. The van der Waals surface area contributed by atoms with Crippen molar-refractivity contribution < 1.29 is 14.2 Å². The van der Waals surface area contributed by atoms with Crippen LogP contribution in [0.2, 0.25) is 0 Å². The molecule has 132 valence electrons. The van der Waals surface area contributed by atoms with E-state index in [1.54, 1.807) is 7.11 Å². The van der Waals surface area contributed by atoms with Crippen LogP contribution in [-0.4, -0.2) is 46.4 Å². The second kappa shape index (κ2) is 7.80. The van der Waals surface area contributed by atoms with Gasteiger partial charge in [-0.25, -0.2) is 0 Å². The van der Waals surface area contributed by atoms with Crippen LogP contribution in [0.15, 0.2) is 30.3 Å². The van der Waals surface area contributed by atoms with Crippen molar-refractivity contribution in [1.29, 1.82) is 0 Å². The van der Waals surface area contributed by atoms with E-state index in [1.807, 2.05) is 41.8 Å². The Hall–Kier alpha value is -2.87. The number of nitrogens with two attached hydrogens (primary N) is 1. The first-order valence-corrected chi connectivity index (χ1v) is 8.05. The molecule has 2 aromatic heterocycles. The first-order valence-electron chi connectivity index (χ1n) is 8.05. The molecule has 0 spiro atoms. The van der Waals surface area contributed by atoms with Crippen LogP contribution in [0.1, 0.15) is 12.5 Å². The summed E-state index contributed by atoms with van der Waals surface area (Å²) in [5, 5.41) is 0. The largest absolute Gasteiger partial charge is 0.468 e. The van der Waals surface area contributed by atoms with Crippen molar-refractivity contribution in [2.24, 2.45) is 0 Å². The molecule has 0 saturated heterocycles. The highest BCUT2D eigenvalue weighted by Gasteiger charge is 2.18. The van der Waals surface area contributed by atoms with E-state index in [0.717, 1.165) is 5.56 Å². The quantitative estimate of drug-likeness (QED) is 0.624. The second-order valence-corrected chi connectivity index (χ2v) is 5.28. The van der Waals surface area contributed by atoms with Gasteiger partial charge in [-0.1, -0.05) is 30.3 Å². The first-order chi connectivity index (χ1) is 12.2. The van der Waals surface area contributed by atoms with Crippen LogP contribution in [0.5, 0.6) is 12.0 Å². The molecule has 3 aromatic rings. The number of fused-ring (bicyclic) bond motifs is 1. The van der Waals surface area contributed by atoms with E-state index in [-0.39, 0.29) is 11.8 Å². The number of ether oxygens (including phenoxy) is 3. The zero-order chi connectivity index (χ0) is 17.6.